The molecular formula is C20H28F3KO3S-2. The Bertz CT molecular complexity index is 566. The van der Waals surface area contributed by atoms with E-state index in [0.29, 0.717) is 0 Å². The Kier molecular flexibility index (Phi) is 18.4. The molecule has 0 saturated heterocycles. The van der Waals surface area contributed by atoms with Gasteiger partial charge in [-0.2, -0.15) is 8.78 Å². The molecule has 0 N–H and O–H groups in total. The Labute approximate surface area is 215 Å². The molecule has 1 rings (SSSR count). The molecule has 0 fully saturated rings. The summed E-state index contributed by atoms with van der Waals surface area (Å²) in [4.78, 5) is 9.47. The van der Waals surface area contributed by atoms with Gasteiger partial charge >= 0.3 is 58.0 Å². The van der Waals surface area contributed by atoms with Crippen LogP contribution in [0.5, 0.6) is 5.75 Å². The third-order valence-electron chi connectivity index (χ3n) is 2.22. The first-order valence-corrected chi connectivity index (χ1v) is 8.60. The molecule has 156 valence electrons. The molecule has 0 amide bonds. The van der Waals surface area contributed by atoms with E-state index in [1.54, 1.807) is 20.8 Å². The summed E-state index contributed by atoms with van der Waals surface area (Å²) in [5.74, 6) is 0.734. The summed E-state index contributed by atoms with van der Waals surface area (Å²) < 4.78 is 46.0. The normalized spacial score (nSPS) is 10.6. The molecule has 0 heterocycles. The smallest absolute Gasteiger partial charge is 0.649 e. The zero-order chi connectivity index (χ0) is 21.8. The van der Waals surface area contributed by atoms with Crippen molar-refractivity contribution in [2.24, 2.45) is 5.92 Å². The van der Waals surface area contributed by atoms with Gasteiger partial charge < -0.3 is 32.5 Å². The first-order valence-electron chi connectivity index (χ1n) is 8.13. The molecule has 1 aromatic rings. The van der Waals surface area contributed by atoms with Gasteiger partial charge in [-0.3, -0.25) is 0 Å². The van der Waals surface area contributed by atoms with Gasteiger partial charge in [0.25, 0.3) is 0 Å². The maximum atomic E-state index is 13.4. The van der Waals surface area contributed by atoms with Gasteiger partial charge in [-0.15, -0.1) is 5.67 Å². The number of halogens is 3. The second kappa shape index (κ2) is 15.8. The number of ether oxygens (including phenoxy) is 2. The van der Waals surface area contributed by atoms with Gasteiger partial charge in [0.2, 0.25) is 0 Å². The van der Waals surface area contributed by atoms with E-state index in [0.717, 1.165) is 11.3 Å². The number of hydrogen-bond donors (Lipinski definition) is 0. The SMILES string of the molecule is CC(C)(C)O[C-]=O.CC(C)C.[CH2-]C([CH2-])(F)c1ccc(OC(F)F)c(C=S)c1.[K+]. The zero-order valence-corrected chi connectivity index (χ0v) is 21.6. The van der Waals surface area contributed by atoms with Crippen LogP contribution in [0.25, 0.3) is 0 Å². The van der Waals surface area contributed by atoms with Crippen LogP contribution in [0.1, 0.15) is 52.7 Å². The maximum Gasteiger partial charge on any atom is 1.00 e. The van der Waals surface area contributed by atoms with Crippen LogP contribution in [0, 0.1) is 19.8 Å². The number of hydrogen-bond acceptors (Lipinski definition) is 4. The second-order valence-electron chi connectivity index (χ2n) is 7.24. The molecule has 0 spiro atoms. The summed E-state index contributed by atoms with van der Waals surface area (Å²) in [6, 6.07) is 3.77. The molecule has 0 saturated carbocycles. The Morgan fingerprint density at radius 2 is 1.64 bits per heavy atom. The van der Waals surface area contributed by atoms with Gasteiger partial charge in [0.05, 0.1) is 5.60 Å². The van der Waals surface area contributed by atoms with Crippen LogP contribution in [-0.4, -0.2) is 24.1 Å². The second-order valence-corrected chi connectivity index (χ2v) is 7.48. The molecule has 1 aromatic carbocycles. The van der Waals surface area contributed by atoms with E-state index in [4.69, 9.17) is 0 Å². The molecule has 0 aliphatic carbocycles. The summed E-state index contributed by atoms with van der Waals surface area (Å²) >= 11 is 4.63. The number of alkyl halides is 3. The van der Waals surface area contributed by atoms with E-state index in [9.17, 15) is 18.0 Å². The quantitative estimate of drug-likeness (QED) is 0.397. The molecule has 0 bridgehead atoms. The monoisotopic (exact) mass is 444 g/mol. The fourth-order valence-corrected chi connectivity index (χ4v) is 1.43. The predicted molar refractivity (Wildman–Crippen MR) is 106 cm³/mol. The van der Waals surface area contributed by atoms with E-state index in [2.05, 4.69) is 56.3 Å². The molecule has 3 nitrogen and oxygen atoms in total. The largest absolute Gasteiger partial charge is 1.00 e. The summed E-state index contributed by atoms with van der Waals surface area (Å²) in [5.41, 5.74) is -2.08. The average molecular weight is 445 g/mol. The van der Waals surface area contributed by atoms with Crippen molar-refractivity contribution < 1.29 is 78.8 Å². The number of benzene rings is 1. The van der Waals surface area contributed by atoms with Crippen molar-refractivity contribution in [3.63, 3.8) is 0 Å². The summed E-state index contributed by atoms with van der Waals surface area (Å²) in [5, 5.41) is 1.13. The van der Waals surface area contributed by atoms with Crippen LogP contribution in [-0.2, 0) is 15.2 Å². The van der Waals surface area contributed by atoms with Crippen LogP contribution in [0.4, 0.5) is 13.2 Å². The minimum absolute atomic E-state index is 0. The van der Waals surface area contributed by atoms with Gasteiger partial charge in [-0.1, -0.05) is 51.1 Å². The minimum atomic E-state index is -2.95. The third kappa shape index (κ3) is 19.3. The number of rotatable bonds is 5. The molecule has 0 aliphatic rings. The van der Waals surface area contributed by atoms with Crippen molar-refractivity contribution in [2.45, 2.75) is 59.4 Å². The summed E-state index contributed by atoms with van der Waals surface area (Å²) in [6.07, 6.45) is 0. The van der Waals surface area contributed by atoms with Gasteiger partial charge in [0, 0.05) is 10.9 Å². The Morgan fingerprint density at radius 1 is 1.18 bits per heavy atom. The Hall–Kier alpha value is 0.00636. The molecule has 0 unspecified atom stereocenters. The predicted octanol–water partition coefficient (Wildman–Crippen LogP) is 3.00. The van der Waals surface area contributed by atoms with Crippen LogP contribution in [0.15, 0.2) is 18.2 Å². The van der Waals surface area contributed by atoms with Gasteiger partial charge in [-0.25, -0.2) is 0 Å². The van der Waals surface area contributed by atoms with E-state index in [-0.39, 0.29) is 73.9 Å². The van der Waals surface area contributed by atoms with Crippen LogP contribution < -0.4 is 56.1 Å². The van der Waals surface area contributed by atoms with Crippen LogP contribution >= 0.6 is 12.2 Å². The fourth-order valence-electron chi connectivity index (χ4n) is 1.25. The van der Waals surface area contributed by atoms with Crippen LogP contribution in [0.2, 0.25) is 0 Å². The van der Waals surface area contributed by atoms with Crippen molar-refractivity contribution in [3.8, 4) is 5.75 Å². The molecule has 0 aliphatic heterocycles. The Balaban J connectivity index is -0.000000436. The van der Waals surface area contributed by atoms with E-state index >= 15 is 0 Å². The van der Waals surface area contributed by atoms with Gasteiger partial charge in [0.15, 0.2) is 0 Å². The summed E-state index contributed by atoms with van der Waals surface area (Å²) in [6.45, 7) is 16.7. The molecule has 0 aromatic heterocycles. The minimum Gasteiger partial charge on any atom is -0.649 e. The van der Waals surface area contributed by atoms with E-state index < -0.39 is 12.3 Å². The molecular weight excluding hydrogens is 416 g/mol. The van der Waals surface area contributed by atoms with Crippen molar-refractivity contribution in [3.05, 3.63) is 43.2 Å². The first-order chi connectivity index (χ1) is 12.1. The first kappa shape index (κ1) is 32.7. The van der Waals surface area contributed by atoms with Crippen molar-refractivity contribution in [1.29, 1.82) is 0 Å². The van der Waals surface area contributed by atoms with Crippen LogP contribution in [0.3, 0.4) is 0 Å². The molecule has 0 atom stereocenters. The zero-order valence-electron chi connectivity index (χ0n) is 17.6. The van der Waals surface area contributed by atoms with E-state index in [1.165, 1.54) is 24.7 Å². The standard InChI is InChI=1S/C11H9F3OS.C5H9O2.C4H10.K/c1-11(2,14)8-3-4-9(15-10(12)13)7(5-8)6-16;1-5(2,3)7-4-6;1-4(2)3;/h3-6,10H,1-2H2;1-3H3;4H,1-3H3;/q-2;-1;;+1. The van der Waals surface area contributed by atoms with Crippen molar-refractivity contribution in [2.75, 3.05) is 0 Å². The number of thiocarbonyl (C=S) groups is 1. The average Bonchev–Trinajstić information content (AvgIpc) is 2.44. The third-order valence-corrected chi connectivity index (χ3v) is 2.47. The topological polar surface area (TPSA) is 35.5 Å². The molecule has 8 heteroatoms. The number of carbonyl (C=O) groups excluding carboxylic acids is 1. The van der Waals surface area contributed by atoms with Crippen molar-refractivity contribution in [1.82, 2.24) is 0 Å². The van der Waals surface area contributed by atoms with Gasteiger partial charge in [-0.05, 0) is 38.8 Å². The van der Waals surface area contributed by atoms with Gasteiger partial charge in [0.1, 0.15) is 5.75 Å². The van der Waals surface area contributed by atoms with E-state index in [1.807, 2.05) is 0 Å². The molecule has 28 heavy (non-hydrogen) atoms. The molecule has 0 radical (unpaired) electrons. The fraction of sp³-hybridized carbons (Fsp3) is 0.500. The maximum absolute atomic E-state index is 13.4. The summed E-state index contributed by atoms with van der Waals surface area (Å²) in [7, 11) is 0. The Morgan fingerprint density at radius 3 is 1.89 bits per heavy atom. The van der Waals surface area contributed by atoms with Crippen molar-refractivity contribution >= 4 is 24.1 Å².